The predicted octanol–water partition coefficient (Wildman–Crippen LogP) is 4.44. The summed E-state index contributed by atoms with van der Waals surface area (Å²) >= 11 is 1.33. The summed E-state index contributed by atoms with van der Waals surface area (Å²) in [6.45, 7) is 0.560. The summed E-state index contributed by atoms with van der Waals surface area (Å²) in [6.07, 6.45) is 4.81. The summed E-state index contributed by atoms with van der Waals surface area (Å²) in [5.74, 6) is 0.734. The molecular weight excluding hydrogens is 372 g/mol. The van der Waals surface area contributed by atoms with Crippen molar-refractivity contribution in [1.29, 1.82) is 0 Å². The Morgan fingerprint density at radius 2 is 2.11 bits per heavy atom. The monoisotopic (exact) mass is 394 g/mol. The second-order valence-electron chi connectivity index (χ2n) is 6.84. The lowest BCUT2D eigenvalue weighted by Crippen LogP contribution is -2.23. The van der Waals surface area contributed by atoms with Gasteiger partial charge in [-0.15, -0.1) is 0 Å². The van der Waals surface area contributed by atoms with Crippen molar-refractivity contribution in [2.24, 2.45) is 5.92 Å². The smallest absolute Gasteiger partial charge is 0.167 e. The molecule has 2 heterocycles. The van der Waals surface area contributed by atoms with Crippen molar-refractivity contribution in [2.45, 2.75) is 12.8 Å². The molecule has 144 valence electrons. The van der Waals surface area contributed by atoms with Gasteiger partial charge >= 0.3 is 0 Å². The van der Waals surface area contributed by atoms with Crippen LogP contribution in [0.3, 0.4) is 0 Å². The maximum atomic E-state index is 13.0. The van der Waals surface area contributed by atoms with Crippen molar-refractivity contribution in [3.63, 3.8) is 0 Å². The average molecular weight is 395 g/mol. The predicted molar refractivity (Wildman–Crippen MR) is 114 cm³/mol. The van der Waals surface area contributed by atoms with Crippen LogP contribution in [0.15, 0.2) is 48.7 Å². The lowest BCUT2D eigenvalue weighted by molar-refractivity contribution is 0.0932. The third kappa shape index (κ3) is 3.76. The summed E-state index contributed by atoms with van der Waals surface area (Å²) in [5.41, 5.74) is 11.0. The third-order valence-electron chi connectivity index (χ3n) is 4.86. The van der Waals surface area contributed by atoms with E-state index in [0.717, 1.165) is 40.3 Å². The lowest BCUT2D eigenvalue weighted by atomic mass is 9.86. The number of para-hydroxylation sites is 1. The quantitative estimate of drug-likeness (QED) is 0.535. The van der Waals surface area contributed by atoms with Crippen LogP contribution in [0.5, 0.6) is 0 Å². The molecule has 1 atom stereocenters. The number of fused-ring (bicyclic) bond motifs is 1. The zero-order valence-electron chi connectivity index (χ0n) is 15.6. The fourth-order valence-corrected chi connectivity index (χ4v) is 3.96. The lowest BCUT2D eigenvalue weighted by Gasteiger charge is -2.21. The van der Waals surface area contributed by atoms with Gasteiger partial charge in [0.25, 0.3) is 0 Å². The van der Waals surface area contributed by atoms with Crippen LogP contribution in [0.4, 0.5) is 17.2 Å². The number of nitrogens with zero attached hydrogens (tertiary/aromatic N) is 1. The van der Waals surface area contributed by atoms with E-state index in [-0.39, 0.29) is 11.7 Å². The van der Waals surface area contributed by atoms with Crippen LogP contribution < -0.4 is 11.1 Å². The van der Waals surface area contributed by atoms with E-state index in [1.807, 2.05) is 48.7 Å². The normalized spacial score (nSPS) is 16.0. The number of ketones is 1. The van der Waals surface area contributed by atoms with Gasteiger partial charge in [-0.2, -0.15) is 0 Å². The van der Waals surface area contributed by atoms with E-state index in [0.29, 0.717) is 18.8 Å². The van der Waals surface area contributed by atoms with Gasteiger partial charge in [0.1, 0.15) is 5.82 Å². The van der Waals surface area contributed by atoms with Gasteiger partial charge < -0.3 is 20.2 Å². The zero-order chi connectivity index (χ0) is 19.5. The number of hydrogen-bond acceptors (Lipinski definition) is 6. The Balaban J connectivity index is 1.78. The molecule has 0 amide bonds. The minimum absolute atomic E-state index is 0.124. The van der Waals surface area contributed by atoms with Gasteiger partial charge in [0, 0.05) is 35.8 Å². The van der Waals surface area contributed by atoms with Crippen molar-refractivity contribution >= 4 is 35.0 Å². The topological polar surface area (TPSA) is 93.0 Å². The van der Waals surface area contributed by atoms with Gasteiger partial charge in [0.05, 0.1) is 23.6 Å². The number of benzene rings is 1. The molecule has 1 aliphatic rings. The number of nitrogens with two attached hydrogens (primary N) is 1. The van der Waals surface area contributed by atoms with Crippen molar-refractivity contribution in [1.82, 2.24) is 9.97 Å². The Morgan fingerprint density at radius 3 is 2.86 bits per heavy atom. The van der Waals surface area contributed by atoms with E-state index in [2.05, 4.69) is 15.3 Å². The average Bonchev–Trinajstić information content (AvgIpc) is 3.06. The number of hydrogen-bond donors (Lipinski definition) is 3. The SMILES string of the molecule is CSOCC1CC(=O)c2c([nH]c(-c3ccnc(N)c3)c2Nc2ccccc2)C1. The van der Waals surface area contributed by atoms with Gasteiger partial charge in [-0.25, -0.2) is 4.98 Å². The highest BCUT2D eigenvalue weighted by molar-refractivity contribution is 7.93. The maximum Gasteiger partial charge on any atom is 0.167 e. The molecular formula is C21H22N4O2S. The fourth-order valence-electron chi connectivity index (χ4n) is 3.63. The number of aromatic nitrogens is 2. The molecule has 4 rings (SSSR count). The number of pyridine rings is 1. The molecule has 0 spiro atoms. The second kappa shape index (κ2) is 8.08. The van der Waals surface area contributed by atoms with Gasteiger partial charge in [-0.3, -0.25) is 4.79 Å². The molecule has 3 aromatic rings. The number of Topliss-reactive ketones (excluding diaryl/α,β-unsaturated/α-hetero) is 1. The Kier molecular flexibility index (Phi) is 5.36. The summed E-state index contributed by atoms with van der Waals surface area (Å²) in [7, 11) is 0. The summed E-state index contributed by atoms with van der Waals surface area (Å²) in [6, 6.07) is 13.5. The van der Waals surface area contributed by atoms with Crippen molar-refractivity contribution in [3.05, 3.63) is 59.9 Å². The Hall–Kier alpha value is -2.77. The first kappa shape index (κ1) is 18.6. The molecule has 7 heteroatoms. The molecule has 0 saturated heterocycles. The van der Waals surface area contributed by atoms with Crippen molar-refractivity contribution in [2.75, 3.05) is 23.9 Å². The largest absolute Gasteiger partial charge is 0.384 e. The maximum absolute atomic E-state index is 13.0. The van der Waals surface area contributed by atoms with E-state index in [1.165, 1.54) is 12.0 Å². The van der Waals surface area contributed by atoms with Crippen LogP contribution in [0.25, 0.3) is 11.3 Å². The summed E-state index contributed by atoms with van der Waals surface area (Å²) < 4.78 is 5.48. The molecule has 1 aromatic carbocycles. The Bertz CT molecular complexity index is 987. The van der Waals surface area contributed by atoms with Crippen LogP contribution in [0.1, 0.15) is 22.5 Å². The first-order valence-corrected chi connectivity index (χ1v) is 10.3. The van der Waals surface area contributed by atoms with E-state index in [1.54, 1.807) is 6.20 Å². The minimum atomic E-state index is 0.124. The highest BCUT2D eigenvalue weighted by atomic mass is 32.2. The Labute approximate surface area is 168 Å². The number of anilines is 3. The number of nitrogen functional groups attached to an aromatic ring is 1. The molecule has 4 N–H and O–H groups in total. The van der Waals surface area contributed by atoms with E-state index < -0.39 is 0 Å². The van der Waals surface area contributed by atoms with Crippen LogP contribution in [0.2, 0.25) is 0 Å². The van der Waals surface area contributed by atoms with Crippen LogP contribution in [0, 0.1) is 5.92 Å². The number of H-pyrrole nitrogens is 1. The third-order valence-corrected chi connectivity index (χ3v) is 5.23. The van der Waals surface area contributed by atoms with Crippen LogP contribution >= 0.6 is 12.0 Å². The van der Waals surface area contributed by atoms with Gasteiger partial charge in [0.2, 0.25) is 0 Å². The first-order valence-electron chi connectivity index (χ1n) is 9.13. The van der Waals surface area contributed by atoms with Gasteiger partial charge in [0.15, 0.2) is 5.78 Å². The fraction of sp³-hybridized carbons (Fsp3) is 0.238. The molecule has 0 radical (unpaired) electrons. The molecule has 1 aliphatic carbocycles. The Morgan fingerprint density at radius 1 is 1.29 bits per heavy atom. The van der Waals surface area contributed by atoms with E-state index in [4.69, 9.17) is 9.92 Å². The number of aromatic amines is 1. The molecule has 0 bridgehead atoms. The van der Waals surface area contributed by atoms with Gasteiger partial charge in [-0.1, -0.05) is 18.2 Å². The number of nitrogens with one attached hydrogen (secondary N) is 2. The molecule has 0 fully saturated rings. The van der Waals surface area contributed by atoms with Crippen molar-refractivity contribution in [3.8, 4) is 11.3 Å². The second-order valence-corrected chi connectivity index (χ2v) is 7.41. The standard InChI is InChI=1S/C21H22N4O2S/c1-28-27-12-13-9-16-19(17(26)10-13)21(24-15-5-3-2-4-6-15)20(25-16)14-7-8-23-18(22)11-14/h2-8,11,13,24-25H,9-10,12H2,1H3,(H2,22,23). The molecule has 0 aliphatic heterocycles. The highest BCUT2D eigenvalue weighted by Gasteiger charge is 2.32. The zero-order valence-corrected chi connectivity index (χ0v) is 16.4. The molecule has 6 nitrogen and oxygen atoms in total. The molecule has 0 saturated carbocycles. The van der Waals surface area contributed by atoms with E-state index in [9.17, 15) is 4.79 Å². The number of carbonyl (C=O) groups excluding carboxylic acids is 1. The minimum Gasteiger partial charge on any atom is -0.384 e. The van der Waals surface area contributed by atoms with Crippen molar-refractivity contribution < 1.29 is 8.98 Å². The van der Waals surface area contributed by atoms with Gasteiger partial charge in [-0.05, 0) is 48.6 Å². The summed E-state index contributed by atoms with van der Waals surface area (Å²) in [4.78, 5) is 20.6. The van der Waals surface area contributed by atoms with E-state index >= 15 is 0 Å². The highest BCUT2D eigenvalue weighted by Crippen LogP contribution is 2.40. The number of rotatable bonds is 6. The van der Waals surface area contributed by atoms with Crippen LogP contribution in [-0.2, 0) is 10.6 Å². The molecule has 1 unspecified atom stereocenters. The molecule has 28 heavy (non-hydrogen) atoms. The summed E-state index contributed by atoms with van der Waals surface area (Å²) in [5, 5.41) is 3.44. The first-order chi connectivity index (χ1) is 13.7. The van der Waals surface area contributed by atoms with Crippen LogP contribution in [-0.4, -0.2) is 28.6 Å². The number of carbonyl (C=O) groups is 1. The molecule has 2 aromatic heterocycles.